The number of aryl methyl sites for hydroxylation is 1. The monoisotopic (exact) mass is 206 g/mol. The molecule has 0 aromatic carbocycles. The van der Waals surface area contributed by atoms with Crippen LogP contribution in [-0.4, -0.2) is 21.7 Å². The molecule has 2 aromatic rings. The van der Waals surface area contributed by atoms with E-state index in [0.717, 1.165) is 5.69 Å². The van der Waals surface area contributed by atoms with Crippen molar-refractivity contribution >= 4 is 11.0 Å². The highest BCUT2D eigenvalue weighted by atomic mass is 19.1. The lowest BCUT2D eigenvalue weighted by atomic mass is 10.1. The van der Waals surface area contributed by atoms with Gasteiger partial charge in [0.05, 0.1) is 17.2 Å². The van der Waals surface area contributed by atoms with E-state index in [9.17, 15) is 4.39 Å². The van der Waals surface area contributed by atoms with Crippen LogP contribution >= 0.6 is 0 Å². The van der Waals surface area contributed by atoms with Crippen LogP contribution in [-0.2, 0) is 6.42 Å². The largest absolute Gasteiger partial charge is 0.396 e. The number of halogens is 1. The predicted octanol–water partition coefficient (Wildman–Crippen LogP) is 1.61. The molecule has 0 amide bonds. The molecular formula is C11H11FN2O. The van der Waals surface area contributed by atoms with Gasteiger partial charge in [0.15, 0.2) is 0 Å². The van der Waals surface area contributed by atoms with Gasteiger partial charge in [-0.3, -0.25) is 9.97 Å². The molecule has 0 spiro atoms. The third kappa shape index (κ3) is 1.80. The first-order valence-corrected chi connectivity index (χ1v) is 4.74. The predicted molar refractivity (Wildman–Crippen MR) is 55.0 cm³/mol. The SMILES string of the molecule is Cc1ccc2ncc(F)c(CCO)c2n1. The zero-order valence-corrected chi connectivity index (χ0v) is 8.37. The minimum absolute atomic E-state index is 0.0916. The van der Waals surface area contributed by atoms with E-state index >= 15 is 0 Å². The lowest BCUT2D eigenvalue weighted by Gasteiger charge is -2.05. The quantitative estimate of drug-likeness (QED) is 0.812. The van der Waals surface area contributed by atoms with Crippen LogP contribution in [0.1, 0.15) is 11.3 Å². The molecule has 0 saturated carbocycles. The number of hydrogen-bond acceptors (Lipinski definition) is 3. The van der Waals surface area contributed by atoms with E-state index in [1.54, 1.807) is 6.07 Å². The Morgan fingerprint density at radius 3 is 2.93 bits per heavy atom. The molecule has 3 nitrogen and oxygen atoms in total. The maximum Gasteiger partial charge on any atom is 0.146 e. The molecule has 0 aliphatic rings. The van der Waals surface area contributed by atoms with Crippen molar-refractivity contribution in [2.75, 3.05) is 6.61 Å². The molecule has 0 aliphatic heterocycles. The van der Waals surface area contributed by atoms with Gasteiger partial charge >= 0.3 is 0 Å². The molecule has 0 aliphatic carbocycles. The number of pyridine rings is 2. The van der Waals surface area contributed by atoms with E-state index in [1.807, 2.05) is 13.0 Å². The molecule has 0 atom stereocenters. The van der Waals surface area contributed by atoms with Gasteiger partial charge in [-0.1, -0.05) is 0 Å². The number of fused-ring (bicyclic) bond motifs is 1. The summed E-state index contributed by atoms with van der Waals surface area (Å²) < 4.78 is 13.4. The molecule has 0 unspecified atom stereocenters. The van der Waals surface area contributed by atoms with E-state index in [-0.39, 0.29) is 13.0 Å². The second kappa shape index (κ2) is 3.90. The third-order valence-corrected chi connectivity index (χ3v) is 2.27. The van der Waals surface area contributed by atoms with Gasteiger partial charge in [0.1, 0.15) is 5.82 Å². The second-order valence-electron chi connectivity index (χ2n) is 3.38. The summed E-state index contributed by atoms with van der Waals surface area (Å²) in [6.45, 7) is 1.75. The lowest BCUT2D eigenvalue weighted by molar-refractivity contribution is 0.298. The minimum Gasteiger partial charge on any atom is -0.396 e. The van der Waals surface area contributed by atoms with E-state index in [0.29, 0.717) is 16.6 Å². The van der Waals surface area contributed by atoms with Crippen LogP contribution in [0.3, 0.4) is 0 Å². The Bertz CT molecular complexity index is 494. The highest BCUT2D eigenvalue weighted by Crippen LogP contribution is 2.18. The number of nitrogens with zero attached hydrogens (tertiary/aromatic N) is 2. The molecule has 0 bridgehead atoms. The molecule has 0 radical (unpaired) electrons. The van der Waals surface area contributed by atoms with E-state index in [1.165, 1.54) is 6.20 Å². The normalized spacial score (nSPS) is 10.9. The van der Waals surface area contributed by atoms with Crippen molar-refractivity contribution in [2.24, 2.45) is 0 Å². The maximum absolute atomic E-state index is 13.4. The summed E-state index contributed by atoms with van der Waals surface area (Å²) in [5.41, 5.74) is 2.45. The average molecular weight is 206 g/mol. The van der Waals surface area contributed by atoms with Crippen molar-refractivity contribution in [2.45, 2.75) is 13.3 Å². The topological polar surface area (TPSA) is 46.0 Å². The maximum atomic E-state index is 13.4. The fourth-order valence-electron chi connectivity index (χ4n) is 1.54. The molecule has 0 fully saturated rings. The average Bonchev–Trinajstić information content (AvgIpc) is 2.23. The number of aliphatic hydroxyl groups is 1. The summed E-state index contributed by atoms with van der Waals surface area (Å²) in [5.74, 6) is -0.408. The molecule has 0 saturated heterocycles. The third-order valence-electron chi connectivity index (χ3n) is 2.27. The van der Waals surface area contributed by atoms with Gasteiger partial charge in [0.2, 0.25) is 0 Å². The molecule has 2 aromatic heterocycles. The van der Waals surface area contributed by atoms with Crippen LogP contribution in [0.25, 0.3) is 11.0 Å². The zero-order valence-electron chi connectivity index (χ0n) is 8.37. The summed E-state index contributed by atoms with van der Waals surface area (Å²) in [6.07, 6.45) is 1.44. The van der Waals surface area contributed by atoms with Crippen LogP contribution in [0, 0.1) is 12.7 Å². The highest BCUT2D eigenvalue weighted by molar-refractivity contribution is 5.77. The Hall–Kier alpha value is -1.55. The van der Waals surface area contributed by atoms with Crippen molar-refractivity contribution in [1.82, 2.24) is 9.97 Å². The van der Waals surface area contributed by atoms with Crippen LogP contribution in [0.4, 0.5) is 4.39 Å². The molecule has 78 valence electrons. The van der Waals surface area contributed by atoms with Crippen LogP contribution < -0.4 is 0 Å². The molecule has 2 heterocycles. The standard InChI is InChI=1S/C11H11FN2O/c1-7-2-3-10-11(14-7)8(4-5-15)9(12)6-13-10/h2-3,6,15H,4-5H2,1H3. The van der Waals surface area contributed by atoms with Gasteiger partial charge in [-0.05, 0) is 19.1 Å². The summed E-state index contributed by atoms with van der Waals surface area (Å²) in [7, 11) is 0. The fourth-order valence-corrected chi connectivity index (χ4v) is 1.54. The van der Waals surface area contributed by atoms with Crippen LogP contribution in [0.5, 0.6) is 0 Å². The first kappa shape index (κ1) is 9.98. The Kier molecular flexibility index (Phi) is 2.60. The van der Waals surface area contributed by atoms with E-state index in [4.69, 9.17) is 5.11 Å². The van der Waals surface area contributed by atoms with Gasteiger partial charge in [0.25, 0.3) is 0 Å². The van der Waals surface area contributed by atoms with Gasteiger partial charge < -0.3 is 5.11 Å². The molecule has 4 heteroatoms. The van der Waals surface area contributed by atoms with Gasteiger partial charge in [0, 0.05) is 24.3 Å². The van der Waals surface area contributed by atoms with Gasteiger partial charge in [-0.15, -0.1) is 0 Å². The second-order valence-corrected chi connectivity index (χ2v) is 3.38. The molecule has 2 rings (SSSR count). The minimum atomic E-state index is -0.408. The Balaban J connectivity index is 2.72. The highest BCUT2D eigenvalue weighted by Gasteiger charge is 2.09. The first-order chi connectivity index (χ1) is 7.22. The fraction of sp³-hybridized carbons (Fsp3) is 0.273. The molecular weight excluding hydrogens is 195 g/mol. The van der Waals surface area contributed by atoms with Crippen LogP contribution in [0.2, 0.25) is 0 Å². The van der Waals surface area contributed by atoms with Crippen molar-refractivity contribution < 1.29 is 9.50 Å². The van der Waals surface area contributed by atoms with Crippen molar-refractivity contribution in [3.63, 3.8) is 0 Å². The first-order valence-electron chi connectivity index (χ1n) is 4.74. The Morgan fingerprint density at radius 1 is 1.40 bits per heavy atom. The number of rotatable bonds is 2. The van der Waals surface area contributed by atoms with E-state index < -0.39 is 5.82 Å². The van der Waals surface area contributed by atoms with Crippen molar-refractivity contribution in [1.29, 1.82) is 0 Å². The number of hydrogen-bond donors (Lipinski definition) is 1. The zero-order chi connectivity index (χ0) is 10.8. The number of aromatic nitrogens is 2. The molecule has 15 heavy (non-hydrogen) atoms. The lowest BCUT2D eigenvalue weighted by Crippen LogP contribution is -2.00. The summed E-state index contributed by atoms with van der Waals surface area (Å²) in [5, 5.41) is 8.86. The molecule has 1 N–H and O–H groups in total. The summed E-state index contributed by atoms with van der Waals surface area (Å²) >= 11 is 0. The van der Waals surface area contributed by atoms with Crippen molar-refractivity contribution in [3.8, 4) is 0 Å². The van der Waals surface area contributed by atoms with Crippen LogP contribution in [0.15, 0.2) is 18.3 Å². The van der Waals surface area contributed by atoms with E-state index in [2.05, 4.69) is 9.97 Å². The van der Waals surface area contributed by atoms with Crippen molar-refractivity contribution in [3.05, 3.63) is 35.4 Å². The smallest absolute Gasteiger partial charge is 0.146 e. The number of aliphatic hydroxyl groups excluding tert-OH is 1. The summed E-state index contributed by atoms with van der Waals surface area (Å²) in [6, 6.07) is 3.63. The Labute approximate surface area is 86.6 Å². The summed E-state index contributed by atoms with van der Waals surface area (Å²) in [4.78, 5) is 8.19. The Morgan fingerprint density at radius 2 is 2.20 bits per heavy atom. The van der Waals surface area contributed by atoms with Gasteiger partial charge in [-0.2, -0.15) is 0 Å². The van der Waals surface area contributed by atoms with Gasteiger partial charge in [-0.25, -0.2) is 4.39 Å².